The van der Waals surface area contributed by atoms with Crippen LogP contribution in [-0.2, 0) is 0 Å². The van der Waals surface area contributed by atoms with E-state index in [1.807, 2.05) is 66.7 Å². The first-order chi connectivity index (χ1) is 9.79. The zero-order valence-electron chi connectivity index (χ0n) is 11.0. The maximum absolute atomic E-state index is 12.7. The Morgan fingerprint density at radius 3 is 2.50 bits per heavy atom. The van der Waals surface area contributed by atoms with E-state index in [1.165, 1.54) is 0 Å². The predicted molar refractivity (Wildman–Crippen MR) is 83.9 cm³/mol. The standard InChI is InChI=1S/C19H14O/c1-2-14-7-5-10-16(13-14)19(20)18-12-6-9-15-8-3-4-11-17(15)18/h2-13H,1H2. The number of rotatable bonds is 3. The van der Waals surface area contributed by atoms with E-state index in [4.69, 9.17) is 0 Å². The molecule has 0 radical (unpaired) electrons. The average Bonchev–Trinajstić information content (AvgIpc) is 2.53. The normalized spacial score (nSPS) is 10.4. The van der Waals surface area contributed by atoms with Gasteiger partial charge in [0.05, 0.1) is 0 Å². The molecule has 0 N–H and O–H groups in total. The molecule has 1 heteroatoms. The van der Waals surface area contributed by atoms with E-state index in [1.54, 1.807) is 6.08 Å². The Balaban J connectivity index is 2.15. The molecule has 0 aromatic heterocycles. The first-order valence-electron chi connectivity index (χ1n) is 6.54. The second-order valence-corrected chi connectivity index (χ2v) is 4.69. The molecule has 0 aliphatic rings. The van der Waals surface area contributed by atoms with Gasteiger partial charge in [0.15, 0.2) is 5.78 Å². The van der Waals surface area contributed by atoms with Gasteiger partial charge in [-0.1, -0.05) is 73.3 Å². The fourth-order valence-corrected chi connectivity index (χ4v) is 2.39. The summed E-state index contributed by atoms with van der Waals surface area (Å²) in [6.45, 7) is 3.74. The molecular formula is C19H14O. The molecule has 1 nitrogen and oxygen atoms in total. The Labute approximate surface area is 118 Å². The summed E-state index contributed by atoms with van der Waals surface area (Å²) in [5.41, 5.74) is 2.39. The third-order valence-electron chi connectivity index (χ3n) is 3.42. The highest BCUT2D eigenvalue weighted by atomic mass is 16.1. The first kappa shape index (κ1) is 12.4. The van der Waals surface area contributed by atoms with Crippen molar-refractivity contribution in [3.05, 3.63) is 90.0 Å². The van der Waals surface area contributed by atoms with Gasteiger partial charge in [0.2, 0.25) is 0 Å². The summed E-state index contributed by atoms with van der Waals surface area (Å²) in [6, 6.07) is 21.3. The van der Waals surface area contributed by atoms with Crippen molar-refractivity contribution in [3.8, 4) is 0 Å². The van der Waals surface area contributed by atoms with Crippen molar-refractivity contribution in [3.63, 3.8) is 0 Å². The number of hydrogen-bond acceptors (Lipinski definition) is 1. The third kappa shape index (κ3) is 2.14. The van der Waals surface area contributed by atoms with E-state index < -0.39 is 0 Å². The fraction of sp³-hybridized carbons (Fsp3) is 0. The fourth-order valence-electron chi connectivity index (χ4n) is 2.39. The van der Waals surface area contributed by atoms with Gasteiger partial charge in [0, 0.05) is 11.1 Å². The Morgan fingerprint density at radius 1 is 0.900 bits per heavy atom. The smallest absolute Gasteiger partial charge is 0.193 e. The van der Waals surface area contributed by atoms with Crippen LogP contribution in [0.5, 0.6) is 0 Å². The maximum Gasteiger partial charge on any atom is 0.193 e. The van der Waals surface area contributed by atoms with Gasteiger partial charge < -0.3 is 0 Å². The zero-order chi connectivity index (χ0) is 13.9. The van der Waals surface area contributed by atoms with Crippen LogP contribution in [0.25, 0.3) is 16.8 Å². The molecule has 3 aromatic carbocycles. The molecule has 20 heavy (non-hydrogen) atoms. The lowest BCUT2D eigenvalue weighted by atomic mass is 9.96. The molecule has 0 fully saturated rings. The first-order valence-corrected chi connectivity index (χ1v) is 6.54. The van der Waals surface area contributed by atoms with Crippen LogP contribution in [0.2, 0.25) is 0 Å². The molecule has 3 rings (SSSR count). The molecule has 0 heterocycles. The Morgan fingerprint density at radius 2 is 1.65 bits per heavy atom. The van der Waals surface area contributed by atoms with Gasteiger partial charge in [-0.2, -0.15) is 0 Å². The van der Waals surface area contributed by atoms with Crippen molar-refractivity contribution in [1.82, 2.24) is 0 Å². The topological polar surface area (TPSA) is 17.1 Å². The van der Waals surface area contributed by atoms with Crippen molar-refractivity contribution < 1.29 is 4.79 Å². The maximum atomic E-state index is 12.7. The summed E-state index contributed by atoms with van der Waals surface area (Å²) in [6.07, 6.45) is 1.75. The van der Waals surface area contributed by atoms with Gasteiger partial charge in [0.1, 0.15) is 0 Å². The highest BCUT2D eigenvalue weighted by molar-refractivity contribution is 6.16. The molecule has 0 aliphatic heterocycles. The van der Waals surface area contributed by atoms with Crippen molar-refractivity contribution >= 4 is 22.6 Å². The van der Waals surface area contributed by atoms with Crippen LogP contribution in [0.1, 0.15) is 21.5 Å². The minimum Gasteiger partial charge on any atom is -0.289 e. The van der Waals surface area contributed by atoms with Crippen molar-refractivity contribution in [2.75, 3.05) is 0 Å². The van der Waals surface area contributed by atoms with E-state index >= 15 is 0 Å². The molecule has 0 saturated heterocycles. The number of ketones is 1. The monoisotopic (exact) mass is 258 g/mol. The number of carbonyl (C=O) groups excluding carboxylic acids is 1. The summed E-state index contributed by atoms with van der Waals surface area (Å²) < 4.78 is 0. The molecule has 0 amide bonds. The highest BCUT2D eigenvalue weighted by Crippen LogP contribution is 2.21. The van der Waals surface area contributed by atoms with Crippen molar-refractivity contribution in [1.29, 1.82) is 0 Å². The highest BCUT2D eigenvalue weighted by Gasteiger charge is 2.12. The van der Waals surface area contributed by atoms with Crippen LogP contribution in [0.3, 0.4) is 0 Å². The quantitative estimate of drug-likeness (QED) is 0.621. The third-order valence-corrected chi connectivity index (χ3v) is 3.42. The lowest BCUT2D eigenvalue weighted by molar-refractivity contribution is 0.104. The molecule has 0 aliphatic carbocycles. The Hall–Kier alpha value is -2.67. The van der Waals surface area contributed by atoms with Gasteiger partial charge in [-0.25, -0.2) is 0 Å². The lowest BCUT2D eigenvalue weighted by Crippen LogP contribution is -2.02. The molecule has 0 bridgehead atoms. The van der Waals surface area contributed by atoms with Gasteiger partial charge in [-0.3, -0.25) is 4.79 Å². The number of carbonyl (C=O) groups is 1. The summed E-state index contributed by atoms with van der Waals surface area (Å²) in [5.74, 6) is 0.0468. The molecule has 96 valence electrons. The summed E-state index contributed by atoms with van der Waals surface area (Å²) in [5, 5.41) is 2.07. The molecule has 0 atom stereocenters. The van der Waals surface area contributed by atoms with Crippen LogP contribution in [-0.4, -0.2) is 5.78 Å². The second kappa shape index (κ2) is 5.14. The van der Waals surface area contributed by atoms with E-state index in [0.717, 1.165) is 21.9 Å². The molecule has 0 saturated carbocycles. The van der Waals surface area contributed by atoms with E-state index in [9.17, 15) is 4.79 Å². The van der Waals surface area contributed by atoms with Crippen molar-refractivity contribution in [2.24, 2.45) is 0 Å². The minimum absolute atomic E-state index is 0.0468. The van der Waals surface area contributed by atoms with Gasteiger partial charge in [-0.15, -0.1) is 0 Å². The summed E-state index contributed by atoms with van der Waals surface area (Å²) in [4.78, 5) is 12.7. The second-order valence-electron chi connectivity index (χ2n) is 4.69. The van der Waals surface area contributed by atoms with Gasteiger partial charge in [0.25, 0.3) is 0 Å². The predicted octanol–water partition coefficient (Wildman–Crippen LogP) is 4.71. The molecule has 3 aromatic rings. The van der Waals surface area contributed by atoms with Crippen LogP contribution < -0.4 is 0 Å². The van der Waals surface area contributed by atoms with Crippen LogP contribution in [0.4, 0.5) is 0 Å². The van der Waals surface area contributed by atoms with E-state index in [2.05, 4.69) is 6.58 Å². The van der Waals surface area contributed by atoms with Crippen LogP contribution in [0, 0.1) is 0 Å². The largest absolute Gasteiger partial charge is 0.289 e. The average molecular weight is 258 g/mol. The summed E-state index contributed by atoms with van der Waals surface area (Å²) in [7, 11) is 0. The van der Waals surface area contributed by atoms with Crippen LogP contribution >= 0.6 is 0 Å². The van der Waals surface area contributed by atoms with Gasteiger partial charge in [-0.05, 0) is 22.4 Å². The summed E-state index contributed by atoms with van der Waals surface area (Å²) >= 11 is 0. The number of hydrogen-bond donors (Lipinski definition) is 0. The molecule has 0 unspecified atom stereocenters. The Kier molecular flexibility index (Phi) is 3.18. The Bertz CT molecular complexity index is 794. The lowest BCUT2D eigenvalue weighted by Gasteiger charge is -2.06. The number of fused-ring (bicyclic) bond motifs is 1. The van der Waals surface area contributed by atoms with E-state index in [0.29, 0.717) is 5.56 Å². The number of benzene rings is 3. The van der Waals surface area contributed by atoms with E-state index in [-0.39, 0.29) is 5.78 Å². The molecule has 0 spiro atoms. The van der Waals surface area contributed by atoms with Crippen LogP contribution in [0.15, 0.2) is 73.3 Å². The van der Waals surface area contributed by atoms with Crippen molar-refractivity contribution in [2.45, 2.75) is 0 Å². The molecular weight excluding hydrogens is 244 g/mol. The SMILES string of the molecule is C=Cc1cccc(C(=O)c2cccc3ccccc23)c1. The minimum atomic E-state index is 0.0468. The van der Waals surface area contributed by atoms with Gasteiger partial charge >= 0.3 is 0 Å². The zero-order valence-corrected chi connectivity index (χ0v) is 11.0.